The van der Waals surface area contributed by atoms with Crippen LogP contribution in [0.5, 0.6) is 11.5 Å². The van der Waals surface area contributed by atoms with Crippen molar-refractivity contribution in [3.8, 4) is 11.5 Å². The Morgan fingerprint density at radius 2 is 1.88 bits per heavy atom. The molecule has 0 aliphatic carbocycles. The van der Waals surface area contributed by atoms with Crippen LogP contribution in [0.25, 0.3) is 6.08 Å². The highest BCUT2D eigenvalue weighted by Crippen LogP contribution is 2.25. The number of carbonyl (C=O) groups is 2. The van der Waals surface area contributed by atoms with Crippen LogP contribution in [0.2, 0.25) is 0 Å². The van der Waals surface area contributed by atoms with Crippen LogP contribution in [0.1, 0.15) is 12.5 Å². The number of benzene rings is 1. The van der Waals surface area contributed by atoms with Gasteiger partial charge in [-0.15, -0.1) is 0 Å². The van der Waals surface area contributed by atoms with Crippen molar-refractivity contribution in [3.63, 3.8) is 0 Å². The maximum absolute atomic E-state index is 12.0. The van der Waals surface area contributed by atoms with Gasteiger partial charge in [0.25, 0.3) is 5.91 Å². The van der Waals surface area contributed by atoms with Crippen molar-refractivity contribution >= 4 is 23.9 Å². The van der Waals surface area contributed by atoms with E-state index in [1.807, 2.05) is 0 Å². The highest BCUT2D eigenvalue weighted by molar-refractivity contribution is 5.95. The molecule has 2 rings (SSSR count). The Morgan fingerprint density at radius 3 is 2.54 bits per heavy atom. The number of hydrogen-bond acceptors (Lipinski definition) is 7. The molecule has 0 aliphatic rings. The topological polar surface area (TPSA) is 99.6 Å². The molecule has 8 nitrogen and oxygen atoms in total. The van der Waals surface area contributed by atoms with E-state index in [0.717, 1.165) is 0 Å². The van der Waals surface area contributed by atoms with Crippen molar-refractivity contribution < 1.29 is 23.8 Å². The quantitative estimate of drug-likeness (QED) is 0.598. The zero-order valence-corrected chi connectivity index (χ0v) is 14.6. The summed E-state index contributed by atoms with van der Waals surface area (Å²) in [7, 11) is 3.07. The zero-order chi connectivity index (χ0) is 18.9. The van der Waals surface area contributed by atoms with Gasteiger partial charge in [0.05, 0.1) is 14.2 Å². The van der Waals surface area contributed by atoms with Gasteiger partial charge in [-0.25, -0.2) is 14.8 Å². The van der Waals surface area contributed by atoms with E-state index in [-0.39, 0.29) is 5.95 Å². The molecule has 1 aromatic carbocycles. The fourth-order valence-electron chi connectivity index (χ4n) is 1.97. The molecule has 0 saturated heterocycles. The van der Waals surface area contributed by atoms with Gasteiger partial charge in [0.15, 0.2) is 6.10 Å². The highest BCUT2D eigenvalue weighted by atomic mass is 16.5. The van der Waals surface area contributed by atoms with Crippen molar-refractivity contribution in [2.24, 2.45) is 0 Å². The summed E-state index contributed by atoms with van der Waals surface area (Å²) in [6.07, 6.45) is 4.70. The number of hydrogen-bond donors (Lipinski definition) is 1. The Morgan fingerprint density at radius 1 is 1.15 bits per heavy atom. The van der Waals surface area contributed by atoms with E-state index in [9.17, 15) is 9.59 Å². The molecule has 0 radical (unpaired) electrons. The monoisotopic (exact) mass is 357 g/mol. The van der Waals surface area contributed by atoms with Gasteiger partial charge in [0.2, 0.25) is 5.95 Å². The van der Waals surface area contributed by atoms with Crippen molar-refractivity contribution in [3.05, 3.63) is 48.3 Å². The zero-order valence-electron chi connectivity index (χ0n) is 14.6. The van der Waals surface area contributed by atoms with Crippen LogP contribution in [0.3, 0.4) is 0 Å². The summed E-state index contributed by atoms with van der Waals surface area (Å²) in [5, 5.41) is 2.46. The first kappa shape index (κ1) is 18.9. The molecule has 0 saturated carbocycles. The number of nitrogens with zero attached hydrogens (tertiary/aromatic N) is 2. The number of aromatic nitrogens is 2. The third-order valence-corrected chi connectivity index (χ3v) is 3.30. The minimum atomic E-state index is -1.01. The second kappa shape index (κ2) is 9.16. The molecule has 1 amide bonds. The first-order valence-corrected chi connectivity index (χ1v) is 7.72. The molecule has 136 valence electrons. The second-order valence-corrected chi connectivity index (χ2v) is 5.08. The summed E-state index contributed by atoms with van der Waals surface area (Å²) >= 11 is 0. The third-order valence-electron chi connectivity index (χ3n) is 3.30. The average Bonchev–Trinajstić information content (AvgIpc) is 2.66. The molecule has 1 heterocycles. The maximum atomic E-state index is 12.0. The Hall–Kier alpha value is -3.42. The van der Waals surface area contributed by atoms with Gasteiger partial charge in [-0.1, -0.05) is 0 Å². The molecular weight excluding hydrogens is 338 g/mol. The van der Waals surface area contributed by atoms with Crippen LogP contribution in [-0.4, -0.2) is 42.2 Å². The van der Waals surface area contributed by atoms with E-state index >= 15 is 0 Å². The summed E-state index contributed by atoms with van der Waals surface area (Å²) in [4.78, 5) is 31.7. The Kier molecular flexibility index (Phi) is 6.67. The normalized spacial score (nSPS) is 11.7. The van der Waals surface area contributed by atoms with Crippen LogP contribution < -0.4 is 14.8 Å². The summed E-state index contributed by atoms with van der Waals surface area (Å²) in [5.74, 6) is 0.122. The van der Waals surface area contributed by atoms with Gasteiger partial charge in [-0.3, -0.25) is 10.1 Å². The van der Waals surface area contributed by atoms with Crippen molar-refractivity contribution in [1.29, 1.82) is 0 Å². The van der Waals surface area contributed by atoms with Gasteiger partial charge in [-0.05, 0) is 37.3 Å². The molecule has 1 N–H and O–H groups in total. The summed E-state index contributed by atoms with van der Waals surface area (Å²) < 4.78 is 15.4. The minimum Gasteiger partial charge on any atom is -0.497 e. The number of rotatable bonds is 7. The number of methoxy groups -OCH3 is 2. The van der Waals surface area contributed by atoms with Crippen LogP contribution in [-0.2, 0) is 14.3 Å². The highest BCUT2D eigenvalue weighted by Gasteiger charge is 2.17. The first-order chi connectivity index (χ1) is 12.5. The largest absolute Gasteiger partial charge is 0.497 e. The van der Waals surface area contributed by atoms with E-state index in [1.165, 1.54) is 38.6 Å². The molecule has 26 heavy (non-hydrogen) atoms. The fraction of sp³-hybridized carbons (Fsp3) is 0.222. The van der Waals surface area contributed by atoms with Gasteiger partial charge < -0.3 is 14.2 Å². The number of amides is 1. The van der Waals surface area contributed by atoms with Gasteiger partial charge in [-0.2, -0.15) is 0 Å². The SMILES string of the molecule is COc1ccc(OC)c(/C=C/C(=O)OC(C)C(=O)Nc2ncccn2)c1. The van der Waals surface area contributed by atoms with E-state index in [0.29, 0.717) is 17.1 Å². The van der Waals surface area contributed by atoms with Crippen LogP contribution in [0.15, 0.2) is 42.7 Å². The smallest absolute Gasteiger partial charge is 0.331 e. The molecule has 1 aromatic heterocycles. The van der Waals surface area contributed by atoms with E-state index in [2.05, 4.69) is 15.3 Å². The van der Waals surface area contributed by atoms with Gasteiger partial charge in [0.1, 0.15) is 11.5 Å². The average molecular weight is 357 g/mol. The van der Waals surface area contributed by atoms with Crippen LogP contribution in [0.4, 0.5) is 5.95 Å². The summed E-state index contributed by atoms with van der Waals surface area (Å²) in [5.41, 5.74) is 0.638. The molecule has 0 spiro atoms. The molecule has 0 bridgehead atoms. The third kappa shape index (κ3) is 5.30. The lowest BCUT2D eigenvalue weighted by molar-refractivity contribution is -0.148. The number of carbonyl (C=O) groups excluding carboxylic acids is 2. The predicted octanol–water partition coefficient (Wildman–Crippen LogP) is 2.08. The molecular formula is C18H19N3O5. The van der Waals surface area contributed by atoms with E-state index in [1.54, 1.807) is 31.4 Å². The number of esters is 1. The van der Waals surface area contributed by atoms with E-state index in [4.69, 9.17) is 14.2 Å². The predicted molar refractivity (Wildman–Crippen MR) is 94.8 cm³/mol. The Labute approximate surface area is 150 Å². The number of nitrogens with one attached hydrogen (secondary N) is 1. The lowest BCUT2D eigenvalue weighted by atomic mass is 10.1. The van der Waals surface area contributed by atoms with Crippen LogP contribution in [0, 0.1) is 0 Å². The fourth-order valence-corrected chi connectivity index (χ4v) is 1.97. The number of ether oxygens (including phenoxy) is 3. The molecule has 0 fully saturated rings. The summed E-state index contributed by atoms with van der Waals surface area (Å²) in [6, 6.07) is 6.80. The standard InChI is InChI=1S/C18H19N3O5/c1-12(17(23)21-18-19-9-4-10-20-18)26-16(22)8-5-13-11-14(24-2)6-7-15(13)25-3/h4-12H,1-3H3,(H,19,20,21,23)/b8-5+. The molecule has 8 heteroatoms. The molecule has 2 aromatic rings. The van der Waals surface area contributed by atoms with Gasteiger partial charge in [0, 0.05) is 24.0 Å². The molecule has 1 unspecified atom stereocenters. The Bertz CT molecular complexity index is 793. The Balaban J connectivity index is 1.97. The van der Waals surface area contributed by atoms with E-state index < -0.39 is 18.0 Å². The lowest BCUT2D eigenvalue weighted by Gasteiger charge is -2.11. The first-order valence-electron chi connectivity index (χ1n) is 7.72. The van der Waals surface area contributed by atoms with Crippen molar-refractivity contribution in [2.75, 3.05) is 19.5 Å². The molecule has 0 aliphatic heterocycles. The van der Waals surface area contributed by atoms with Crippen molar-refractivity contribution in [1.82, 2.24) is 9.97 Å². The second-order valence-electron chi connectivity index (χ2n) is 5.08. The number of anilines is 1. The van der Waals surface area contributed by atoms with Crippen LogP contribution >= 0.6 is 0 Å². The van der Waals surface area contributed by atoms with Gasteiger partial charge >= 0.3 is 5.97 Å². The summed E-state index contributed by atoms with van der Waals surface area (Å²) in [6.45, 7) is 1.45. The molecule has 1 atom stereocenters. The maximum Gasteiger partial charge on any atom is 0.331 e. The lowest BCUT2D eigenvalue weighted by Crippen LogP contribution is -2.30. The minimum absolute atomic E-state index is 0.136. The van der Waals surface area contributed by atoms with Crippen molar-refractivity contribution in [2.45, 2.75) is 13.0 Å².